The topological polar surface area (TPSA) is 57.6 Å². The molecule has 35 heavy (non-hydrogen) atoms. The summed E-state index contributed by atoms with van der Waals surface area (Å²) in [7, 11) is 0. The summed E-state index contributed by atoms with van der Waals surface area (Å²) in [5.74, 6) is -0.856. The van der Waals surface area contributed by atoms with Crippen LogP contribution in [0.5, 0.6) is 0 Å². The Kier molecular flexibility index (Phi) is 6.32. The Morgan fingerprint density at radius 1 is 0.886 bits per heavy atom. The van der Waals surface area contributed by atoms with Crippen LogP contribution in [0.15, 0.2) is 102 Å². The molecule has 174 valence electrons. The average Bonchev–Trinajstić information content (AvgIpc) is 3.07. The molecule has 1 heterocycles. The van der Waals surface area contributed by atoms with Crippen molar-refractivity contribution in [3.05, 3.63) is 123 Å². The minimum Gasteiger partial charge on any atom is -0.375 e. The van der Waals surface area contributed by atoms with E-state index in [0.29, 0.717) is 26.3 Å². The van der Waals surface area contributed by atoms with Gasteiger partial charge in [-0.15, -0.1) is 0 Å². The van der Waals surface area contributed by atoms with Gasteiger partial charge in [0.25, 0.3) is 5.91 Å². The van der Waals surface area contributed by atoms with Crippen molar-refractivity contribution < 1.29 is 14.7 Å². The number of carbonyl (C=O) groups is 2. The molecule has 1 unspecified atom stereocenters. The number of carbonyl (C=O) groups excluding carboxylic acids is 2. The van der Waals surface area contributed by atoms with Gasteiger partial charge in [0.2, 0.25) is 0 Å². The zero-order valence-electron chi connectivity index (χ0n) is 18.6. The van der Waals surface area contributed by atoms with Crippen molar-refractivity contribution in [2.24, 2.45) is 0 Å². The fourth-order valence-corrected chi connectivity index (χ4v) is 5.02. The van der Waals surface area contributed by atoms with Gasteiger partial charge >= 0.3 is 0 Å². The molecule has 1 aliphatic heterocycles. The smallest absolute Gasteiger partial charge is 0.264 e. The second-order valence-electron chi connectivity index (χ2n) is 8.55. The maximum Gasteiger partial charge on any atom is 0.264 e. The number of anilines is 1. The molecule has 0 aromatic heterocycles. The lowest BCUT2D eigenvalue weighted by molar-refractivity contribution is -0.136. The molecule has 5 rings (SSSR count). The van der Waals surface area contributed by atoms with Crippen LogP contribution in [-0.4, -0.2) is 16.8 Å². The highest BCUT2D eigenvalue weighted by Gasteiger charge is 2.51. The van der Waals surface area contributed by atoms with Gasteiger partial charge in [-0.2, -0.15) is 0 Å². The highest BCUT2D eigenvalue weighted by molar-refractivity contribution is 9.10. The first-order chi connectivity index (χ1) is 16.9. The van der Waals surface area contributed by atoms with Gasteiger partial charge in [-0.05, 0) is 41.0 Å². The monoisotopic (exact) mass is 545 g/mol. The maximum atomic E-state index is 13.6. The number of nitrogens with zero attached hydrogens (tertiary/aromatic N) is 1. The van der Waals surface area contributed by atoms with E-state index in [1.54, 1.807) is 30.3 Å². The third-order valence-corrected chi connectivity index (χ3v) is 7.17. The van der Waals surface area contributed by atoms with E-state index in [2.05, 4.69) is 15.9 Å². The molecule has 6 heteroatoms. The van der Waals surface area contributed by atoms with Crippen LogP contribution in [0.25, 0.3) is 11.1 Å². The summed E-state index contributed by atoms with van der Waals surface area (Å²) in [6, 6.07) is 29.6. The van der Waals surface area contributed by atoms with E-state index in [-0.39, 0.29) is 18.7 Å². The van der Waals surface area contributed by atoms with E-state index in [9.17, 15) is 14.7 Å². The molecule has 1 atom stereocenters. The second kappa shape index (κ2) is 9.42. The molecule has 4 nitrogen and oxygen atoms in total. The van der Waals surface area contributed by atoms with Gasteiger partial charge in [0.1, 0.15) is 0 Å². The van der Waals surface area contributed by atoms with Crippen LogP contribution in [-0.2, 0) is 16.9 Å². The number of halogens is 2. The molecule has 1 N–H and O–H groups in total. The summed E-state index contributed by atoms with van der Waals surface area (Å²) in [4.78, 5) is 28.3. The van der Waals surface area contributed by atoms with E-state index in [1.165, 1.54) is 4.90 Å². The largest absolute Gasteiger partial charge is 0.375 e. The van der Waals surface area contributed by atoms with Crippen LogP contribution in [0.1, 0.15) is 27.9 Å². The summed E-state index contributed by atoms with van der Waals surface area (Å²) in [5, 5.41) is 12.2. The summed E-state index contributed by atoms with van der Waals surface area (Å²) < 4.78 is 0.710. The molecule has 0 saturated heterocycles. The molecule has 0 saturated carbocycles. The van der Waals surface area contributed by atoms with Gasteiger partial charge in [0, 0.05) is 20.6 Å². The van der Waals surface area contributed by atoms with Crippen molar-refractivity contribution in [1.29, 1.82) is 0 Å². The number of rotatable bonds is 6. The average molecular weight is 547 g/mol. The minimum atomic E-state index is -1.98. The standard InChI is InChI=1S/C29H21BrClNO3/c30-23-14-15-26-24(16-23)29(35,28(34)32(26)18-22-8-4-5-9-25(22)31)17-27(33)21-12-10-20(11-13-21)19-6-2-1-3-7-19/h1-16,35H,17-18H2. The van der Waals surface area contributed by atoms with Gasteiger partial charge in [0.05, 0.1) is 18.7 Å². The molecular weight excluding hydrogens is 526 g/mol. The predicted octanol–water partition coefficient (Wildman–Crippen LogP) is 6.78. The second-order valence-corrected chi connectivity index (χ2v) is 9.87. The van der Waals surface area contributed by atoms with Gasteiger partial charge in [-0.25, -0.2) is 0 Å². The third kappa shape index (κ3) is 4.43. The number of aliphatic hydroxyl groups is 1. The predicted molar refractivity (Wildman–Crippen MR) is 142 cm³/mol. The lowest BCUT2D eigenvalue weighted by Crippen LogP contribution is -2.41. The van der Waals surface area contributed by atoms with Gasteiger partial charge in [0.15, 0.2) is 11.4 Å². The number of fused-ring (bicyclic) bond motifs is 1. The van der Waals surface area contributed by atoms with Gasteiger partial charge < -0.3 is 10.0 Å². The Morgan fingerprint density at radius 3 is 2.26 bits per heavy atom. The van der Waals surface area contributed by atoms with Crippen molar-refractivity contribution in [3.63, 3.8) is 0 Å². The van der Waals surface area contributed by atoms with E-state index >= 15 is 0 Å². The van der Waals surface area contributed by atoms with Crippen LogP contribution in [0.2, 0.25) is 5.02 Å². The molecule has 4 aromatic carbocycles. The molecule has 1 amide bonds. The van der Waals surface area contributed by atoms with E-state index < -0.39 is 11.5 Å². The zero-order chi connectivity index (χ0) is 24.6. The zero-order valence-corrected chi connectivity index (χ0v) is 21.0. The molecule has 4 aromatic rings. The Morgan fingerprint density at radius 2 is 1.54 bits per heavy atom. The number of amides is 1. The summed E-state index contributed by atoms with van der Waals surface area (Å²) in [5.41, 5.74) is 2.21. The molecule has 0 spiro atoms. The summed E-state index contributed by atoms with van der Waals surface area (Å²) in [6.07, 6.45) is -0.362. The van der Waals surface area contributed by atoms with Gasteiger partial charge in [-0.3, -0.25) is 9.59 Å². The van der Waals surface area contributed by atoms with Crippen LogP contribution in [0.3, 0.4) is 0 Å². The van der Waals surface area contributed by atoms with Crippen LogP contribution in [0.4, 0.5) is 5.69 Å². The van der Waals surface area contributed by atoms with Crippen molar-refractivity contribution in [2.75, 3.05) is 4.90 Å². The highest BCUT2D eigenvalue weighted by Crippen LogP contribution is 2.45. The number of Topliss-reactive ketones (excluding diaryl/α,β-unsaturated/α-hetero) is 1. The number of hydrogen-bond acceptors (Lipinski definition) is 3. The van der Waals surface area contributed by atoms with E-state index in [0.717, 1.165) is 16.7 Å². The fraction of sp³-hybridized carbons (Fsp3) is 0.103. The number of benzene rings is 4. The third-order valence-electron chi connectivity index (χ3n) is 6.31. The Bertz CT molecular complexity index is 1420. The summed E-state index contributed by atoms with van der Waals surface area (Å²) in [6.45, 7) is 0.190. The Balaban J connectivity index is 1.45. The first-order valence-electron chi connectivity index (χ1n) is 11.1. The highest BCUT2D eigenvalue weighted by atomic mass is 79.9. The number of ketones is 1. The molecule has 1 aliphatic rings. The quantitative estimate of drug-likeness (QED) is 0.271. The Labute approximate surface area is 216 Å². The molecular formula is C29H21BrClNO3. The molecule has 0 fully saturated rings. The van der Waals surface area contributed by atoms with Crippen molar-refractivity contribution in [2.45, 2.75) is 18.6 Å². The van der Waals surface area contributed by atoms with Crippen LogP contribution < -0.4 is 4.90 Å². The molecule has 0 aliphatic carbocycles. The van der Waals surface area contributed by atoms with Crippen molar-refractivity contribution >= 4 is 44.9 Å². The van der Waals surface area contributed by atoms with E-state index in [1.807, 2.05) is 66.7 Å². The Hall–Kier alpha value is -3.25. The van der Waals surface area contributed by atoms with Crippen molar-refractivity contribution in [1.82, 2.24) is 0 Å². The maximum absolute atomic E-state index is 13.6. The number of hydrogen-bond donors (Lipinski definition) is 1. The van der Waals surface area contributed by atoms with Gasteiger partial charge in [-0.1, -0.05) is 100 Å². The lowest BCUT2D eigenvalue weighted by atomic mass is 9.88. The lowest BCUT2D eigenvalue weighted by Gasteiger charge is -2.23. The normalized spacial score (nSPS) is 16.9. The molecule has 0 bridgehead atoms. The minimum absolute atomic E-state index is 0.190. The van der Waals surface area contributed by atoms with E-state index in [4.69, 9.17) is 11.6 Å². The van der Waals surface area contributed by atoms with Crippen LogP contribution >= 0.6 is 27.5 Å². The van der Waals surface area contributed by atoms with Crippen LogP contribution in [0, 0.1) is 0 Å². The molecule has 0 radical (unpaired) electrons. The fourth-order valence-electron chi connectivity index (χ4n) is 4.46. The SMILES string of the molecule is O=C(CC1(O)C(=O)N(Cc2ccccc2Cl)c2ccc(Br)cc21)c1ccc(-c2ccccc2)cc1. The first-order valence-corrected chi connectivity index (χ1v) is 12.3. The van der Waals surface area contributed by atoms with Crippen molar-refractivity contribution in [3.8, 4) is 11.1 Å². The summed E-state index contributed by atoms with van der Waals surface area (Å²) >= 11 is 9.76. The first kappa shape index (κ1) is 23.5.